The molecule has 2 aromatic heterocycles. The molecule has 8 nitrogen and oxygen atoms in total. The van der Waals surface area contributed by atoms with Crippen LogP contribution in [0.5, 0.6) is 0 Å². The summed E-state index contributed by atoms with van der Waals surface area (Å²) in [5, 5.41) is 6.18. The second kappa shape index (κ2) is 11.1. The van der Waals surface area contributed by atoms with Crippen LogP contribution in [-0.4, -0.2) is 48.2 Å². The highest BCUT2D eigenvalue weighted by Gasteiger charge is 2.12. The van der Waals surface area contributed by atoms with E-state index in [0.29, 0.717) is 31.0 Å². The standard InChI is InChI=1S/C19H26N4O4/c1-3-26-13-17(25)23-16-12-22-15-8-7-10-21-18(15)19(16)20-9-5-4-6-11-27-14(2)24/h7-8,10,12H,3-6,9,11,13H2,1-2H3,(H,20,22)(H,23,25). The molecule has 2 aromatic rings. The lowest BCUT2D eigenvalue weighted by Crippen LogP contribution is -2.19. The van der Waals surface area contributed by atoms with E-state index in [1.807, 2.05) is 19.1 Å². The summed E-state index contributed by atoms with van der Waals surface area (Å²) in [5.41, 5.74) is 2.76. The third-order valence-electron chi connectivity index (χ3n) is 3.76. The number of fused-ring (bicyclic) bond motifs is 1. The van der Waals surface area contributed by atoms with Crippen molar-refractivity contribution in [2.45, 2.75) is 33.1 Å². The van der Waals surface area contributed by atoms with Gasteiger partial charge in [0.1, 0.15) is 12.1 Å². The summed E-state index contributed by atoms with van der Waals surface area (Å²) < 4.78 is 10.1. The third-order valence-corrected chi connectivity index (χ3v) is 3.76. The van der Waals surface area contributed by atoms with Crippen LogP contribution in [0.15, 0.2) is 24.5 Å². The van der Waals surface area contributed by atoms with Gasteiger partial charge in [-0.05, 0) is 38.3 Å². The Morgan fingerprint density at radius 2 is 2.04 bits per heavy atom. The number of amides is 1. The van der Waals surface area contributed by atoms with E-state index in [0.717, 1.165) is 30.5 Å². The molecule has 0 aliphatic heterocycles. The number of anilines is 2. The normalized spacial score (nSPS) is 10.6. The molecule has 0 fully saturated rings. The number of aromatic nitrogens is 2. The summed E-state index contributed by atoms with van der Waals surface area (Å²) in [6, 6.07) is 3.69. The molecule has 0 radical (unpaired) electrons. The Morgan fingerprint density at radius 1 is 1.19 bits per heavy atom. The molecule has 0 aromatic carbocycles. The second-order valence-corrected chi connectivity index (χ2v) is 5.93. The number of hydrogen-bond donors (Lipinski definition) is 2. The fraction of sp³-hybridized carbons (Fsp3) is 0.474. The molecule has 2 heterocycles. The fourth-order valence-corrected chi connectivity index (χ4v) is 2.51. The van der Waals surface area contributed by atoms with E-state index >= 15 is 0 Å². The Hall–Kier alpha value is -2.74. The van der Waals surface area contributed by atoms with Crippen LogP contribution in [0.25, 0.3) is 11.0 Å². The van der Waals surface area contributed by atoms with E-state index in [2.05, 4.69) is 20.6 Å². The first kappa shape index (κ1) is 20.6. The second-order valence-electron chi connectivity index (χ2n) is 5.93. The summed E-state index contributed by atoms with van der Waals surface area (Å²) in [5.74, 6) is -0.492. The molecule has 0 spiro atoms. The zero-order chi connectivity index (χ0) is 19.5. The van der Waals surface area contributed by atoms with Crippen molar-refractivity contribution in [1.82, 2.24) is 9.97 Å². The maximum absolute atomic E-state index is 12.0. The number of nitrogens with one attached hydrogen (secondary N) is 2. The quantitative estimate of drug-likeness (QED) is 0.460. The molecule has 0 unspecified atom stereocenters. The number of hydrogen-bond acceptors (Lipinski definition) is 7. The molecule has 0 aliphatic rings. The third kappa shape index (κ3) is 6.82. The van der Waals surface area contributed by atoms with Crippen molar-refractivity contribution in [3.05, 3.63) is 24.5 Å². The molecule has 0 aliphatic carbocycles. The molecule has 0 bridgehead atoms. The molecule has 0 atom stereocenters. The van der Waals surface area contributed by atoms with Crippen molar-refractivity contribution in [2.24, 2.45) is 0 Å². The van der Waals surface area contributed by atoms with Gasteiger partial charge in [-0.25, -0.2) is 0 Å². The number of carbonyl (C=O) groups excluding carboxylic acids is 2. The summed E-state index contributed by atoms with van der Waals surface area (Å²) in [4.78, 5) is 31.5. The van der Waals surface area contributed by atoms with Crippen LogP contribution in [0.2, 0.25) is 0 Å². The Kier molecular flexibility index (Phi) is 8.44. The van der Waals surface area contributed by atoms with Crippen LogP contribution in [0, 0.1) is 0 Å². The molecule has 2 N–H and O–H groups in total. The minimum absolute atomic E-state index is 0.00760. The van der Waals surface area contributed by atoms with E-state index in [9.17, 15) is 9.59 Å². The lowest BCUT2D eigenvalue weighted by molar-refractivity contribution is -0.141. The van der Waals surface area contributed by atoms with Crippen molar-refractivity contribution in [2.75, 3.05) is 37.0 Å². The van der Waals surface area contributed by atoms with E-state index in [1.54, 1.807) is 12.4 Å². The predicted molar refractivity (Wildman–Crippen MR) is 104 cm³/mol. The van der Waals surface area contributed by atoms with E-state index in [-0.39, 0.29) is 18.5 Å². The van der Waals surface area contributed by atoms with Crippen molar-refractivity contribution in [3.8, 4) is 0 Å². The van der Waals surface area contributed by atoms with Gasteiger partial charge in [0.15, 0.2) is 0 Å². The summed E-state index contributed by atoms with van der Waals surface area (Å²) in [6.07, 6.45) is 5.94. The first-order valence-corrected chi connectivity index (χ1v) is 9.10. The Morgan fingerprint density at radius 3 is 2.81 bits per heavy atom. The lowest BCUT2D eigenvalue weighted by atomic mass is 10.2. The number of nitrogens with zero attached hydrogens (tertiary/aromatic N) is 2. The minimum Gasteiger partial charge on any atom is -0.466 e. The first-order valence-electron chi connectivity index (χ1n) is 9.10. The highest BCUT2D eigenvalue weighted by Crippen LogP contribution is 2.28. The molecule has 0 saturated heterocycles. The fourth-order valence-electron chi connectivity index (χ4n) is 2.51. The van der Waals surface area contributed by atoms with Crippen LogP contribution < -0.4 is 10.6 Å². The molecule has 1 amide bonds. The summed E-state index contributed by atoms with van der Waals surface area (Å²) in [6.45, 7) is 4.85. The van der Waals surface area contributed by atoms with Crippen LogP contribution in [0.1, 0.15) is 33.1 Å². The zero-order valence-electron chi connectivity index (χ0n) is 15.8. The van der Waals surface area contributed by atoms with Gasteiger partial charge in [0, 0.05) is 26.3 Å². The van der Waals surface area contributed by atoms with Crippen LogP contribution in [0.3, 0.4) is 0 Å². The summed E-state index contributed by atoms with van der Waals surface area (Å²) >= 11 is 0. The van der Waals surface area contributed by atoms with Gasteiger partial charge in [-0.2, -0.15) is 0 Å². The molecule has 0 saturated carbocycles. The minimum atomic E-state index is -0.255. The van der Waals surface area contributed by atoms with Gasteiger partial charge in [0.25, 0.3) is 0 Å². The van der Waals surface area contributed by atoms with Crippen LogP contribution in [-0.2, 0) is 19.1 Å². The number of pyridine rings is 2. The highest BCUT2D eigenvalue weighted by atomic mass is 16.5. The highest BCUT2D eigenvalue weighted by molar-refractivity contribution is 6.01. The van der Waals surface area contributed by atoms with Gasteiger partial charge in [0.2, 0.25) is 5.91 Å². The van der Waals surface area contributed by atoms with Gasteiger partial charge < -0.3 is 20.1 Å². The monoisotopic (exact) mass is 374 g/mol. The van der Waals surface area contributed by atoms with Crippen molar-refractivity contribution < 1.29 is 19.1 Å². The smallest absolute Gasteiger partial charge is 0.302 e. The SMILES string of the molecule is CCOCC(=O)Nc1cnc2cccnc2c1NCCCCCOC(C)=O. The van der Waals surface area contributed by atoms with Crippen molar-refractivity contribution in [3.63, 3.8) is 0 Å². The Labute approximate surface area is 158 Å². The Balaban J connectivity index is 2.00. The molecular formula is C19H26N4O4. The van der Waals surface area contributed by atoms with Crippen molar-refractivity contribution >= 4 is 34.3 Å². The maximum Gasteiger partial charge on any atom is 0.302 e. The molecule has 146 valence electrons. The number of unbranched alkanes of at least 4 members (excludes halogenated alkanes) is 2. The lowest BCUT2D eigenvalue weighted by Gasteiger charge is -2.15. The molecule has 27 heavy (non-hydrogen) atoms. The number of rotatable bonds is 11. The van der Waals surface area contributed by atoms with Crippen molar-refractivity contribution in [1.29, 1.82) is 0 Å². The van der Waals surface area contributed by atoms with Gasteiger partial charge in [-0.3, -0.25) is 19.6 Å². The molecule has 8 heteroatoms. The topological polar surface area (TPSA) is 102 Å². The number of esters is 1. The number of ether oxygens (including phenoxy) is 2. The first-order chi connectivity index (χ1) is 13.1. The van der Waals surface area contributed by atoms with E-state index < -0.39 is 0 Å². The number of carbonyl (C=O) groups is 2. The van der Waals surface area contributed by atoms with Gasteiger partial charge in [0.05, 0.1) is 29.7 Å². The Bertz CT molecular complexity index is 766. The molecular weight excluding hydrogens is 348 g/mol. The largest absolute Gasteiger partial charge is 0.466 e. The maximum atomic E-state index is 12.0. The van der Waals surface area contributed by atoms with Gasteiger partial charge >= 0.3 is 5.97 Å². The van der Waals surface area contributed by atoms with E-state index in [1.165, 1.54) is 6.92 Å². The van der Waals surface area contributed by atoms with E-state index in [4.69, 9.17) is 9.47 Å². The van der Waals surface area contributed by atoms with Crippen LogP contribution in [0.4, 0.5) is 11.4 Å². The average molecular weight is 374 g/mol. The predicted octanol–water partition coefficient (Wildman–Crippen LogP) is 2.75. The average Bonchev–Trinajstić information content (AvgIpc) is 2.66. The molecule has 2 rings (SSSR count). The van der Waals surface area contributed by atoms with Gasteiger partial charge in [-0.1, -0.05) is 0 Å². The summed E-state index contributed by atoms with van der Waals surface area (Å²) in [7, 11) is 0. The van der Waals surface area contributed by atoms with Crippen LogP contribution >= 0.6 is 0 Å². The zero-order valence-corrected chi connectivity index (χ0v) is 15.8. The van der Waals surface area contributed by atoms with Gasteiger partial charge in [-0.15, -0.1) is 0 Å².